The molecule has 1 aliphatic rings. The number of nitrogens with zero attached hydrogens (tertiary/aromatic N) is 5. The molecular formula is C32H67F2N9O6. The van der Waals surface area contributed by atoms with Crippen LogP contribution in [0.2, 0.25) is 0 Å². The highest BCUT2D eigenvalue weighted by molar-refractivity contribution is 5.83. The molecule has 0 bridgehead atoms. The Kier molecular flexibility index (Phi) is 32.7. The molecule has 2 rings (SSSR count). The third kappa shape index (κ3) is 34.2. The van der Waals surface area contributed by atoms with E-state index in [0.29, 0.717) is 38.5 Å². The summed E-state index contributed by atoms with van der Waals surface area (Å²) in [4.78, 5) is 40.1. The van der Waals surface area contributed by atoms with Crippen LogP contribution < -0.4 is 21.7 Å². The van der Waals surface area contributed by atoms with Crippen LogP contribution in [0.3, 0.4) is 0 Å². The lowest BCUT2D eigenvalue weighted by atomic mass is 9.96. The van der Waals surface area contributed by atoms with E-state index in [2.05, 4.69) is 45.1 Å². The molecule has 2 heterocycles. The van der Waals surface area contributed by atoms with Crippen LogP contribution in [0, 0.1) is 0 Å². The van der Waals surface area contributed by atoms with Crippen LogP contribution in [-0.2, 0) is 26.3 Å². The number of aliphatic hydroxyl groups excluding tert-OH is 1. The summed E-state index contributed by atoms with van der Waals surface area (Å²) in [6.45, 7) is 23.0. The maximum atomic E-state index is 11.5. The van der Waals surface area contributed by atoms with Crippen LogP contribution in [0.15, 0.2) is 9.68 Å². The Balaban J connectivity index is -0.000000288. The molecule has 0 aromatic carbocycles. The summed E-state index contributed by atoms with van der Waals surface area (Å²) in [6, 6.07) is -0.253. The quantitative estimate of drug-likeness (QED) is 0.0646. The number of hydrogen-bond acceptors (Lipinski definition) is 11. The molecule has 49 heavy (non-hydrogen) atoms. The summed E-state index contributed by atoms with van der Waals surface area (Å²) >= 11 is 0. The van der Waals surface area contributed by atoms with Gasteiger partial charge in [0.05, 0.1) is 25.2 Å². The molecule has 7 N–H and O–H groups in total. The van der Waals surface area contributed by atoms with E-state index in [-0.39, 0.29) is 42.1 Å². The lowest BCUT2D eigenvalue weighted by Crippen LogP contribution is -2.46. The van der Waals surface area contributed by atoms with Crippen molar-refractivity contribution in [3.63, 3.8) is 0 Å². The van der Waals surface area contributed by atoms with Crippen molar-refractivity contribution in [1.82, 2.24) is 35.9 Å². The highest BCUT2D eigenvalue weighted by atomic mass is 19.3. The van der Waals surface area contributed by atoms with Gasteiger partial charge in [0.1, 0.15) is 5.84 Å². The zero-order valence-electron chi connectivity index (χ0n) is 32.2. The molecule has 2 atom stereocenters. The lowest BCUT2D eigenvalue weighted by Gasteiger charge is -2.17. The number of carbonyl (C=O) groups is 3. The number of likely N-dealkylation sites (N-methyl/N-ethyl adjacent to an activating group) is 2. The Morgan fingerprint density at radius 2 is 1.65 bits per heavy atom. The van der Waals surface area contributed by atoms with Gasteiger partial charge >= 0.3 is 0 Å². The number of nitrogens with one attached hydrogen (secondary N) is 3. The van der Waals surface area contributed by atoms with Crippen molar-refractivity contribution in [2.24, 2.45) is 10.9 Å². The van der Waals surface area contributed by atoms with Crippen LogP contribution in [-0.4, -0.2) is 119 Å². The van der Waals surface area contributed by atoms with Crippen LogP contribution in [0.1, 0.15) is 107 Å². The Morgan fingerprint density at radius 1 is 1.12 bits per heavy atom. The third-order valence-corrected chi connectivity index (χ3v) is 5.70. The van der Waals surface area contributed by atoms with E-state index in [0.717, 1.165) is 25.7 Å². The zero-order chi connectivity index (χ0) is 39.2. The second kappa shape index (κ2) is 30.6. The molecule has 1 saturated heterocycles. The normalized spacial score (nSPS) is 15.2. The Labute approximate surface area is 292 Å². The number of alkyl halides is 2. The van der Waals surface area contributed by atoms with Crippen molar-refractivity contribution in [3.05, 3.63) is 11.7 Å². The molecular weight excluding hydrogens is 644 g/mol. The molecule has 0 saturated carbocycles. The average Bonchev–Trinajstić information content (AvgIpc) is 3.69. The highest BCUT2D eigenvalue weighted by Crippen LogP contribution is 2.18. The van der Waals surface area contributed by atoms with Crippen LogP contribution in [0.4, 0.5) is 8.78 Å². The van der Waals surface area contributed by atoms with Gasteiger partial charge in [-0.2, -0.15) is 4.98 Å². The van der Waals surface area contributed by atoms with Crippen LogP contribution in [0.25, 0.3) is 0 Å². The smallest absolute Gasteiger partial charge is 0.245 e. The van der Waals surface area contributed by atoms with Crippen molar-refractivity contribution in [1.29, 1.82) is 0 Å². The molecule has 2 unspecified atom stereocenters. The largest absolute Gasteiger partial charge is 0.409 e. The third-order valence-electron chi connectivity index (χ3n) is 5.70. The second-order valence-electron chi connectivity index (χ2n) is 12.0. The molecule has 1 aromatic rings. The lowest BCUT2D eigenvalue weighted by molar-refractivity contribution is -0.125. The van der Waals surface area contributed by atoms with Gasteiger partial charge < -0.3 is 41.4 Å². The van der Waals surface area contributed by atoms with E-state index >= 15 is 0 Å². The van der Waals surface area contributed by atoms with Gasteiger partial charge in [0, 0.05) is 58.4 Å². The summed E-state index contributed by atoms with van der Waals surface area (Å²) in [6.07, 6.45) is 2.07. The van der Waals surface area contributed by atoms with Gasteiger partial charge in [-0.3, -0.25) is 19.3 Å². The maximum Gasteiger partial charge on any atom is 0.245 e. The number of β-amino-alcohol motifs (C(OH)–C–C–N with tert-alkyl or cyclic N) is 1. The van der Waals surface area contributed by atoms with Gasteiger partial charge in [0.15, 0.2) is 5.82 Å². The summed E-state index contributed by atoms with van der Waals surface area (Å²) < 4.78 is 28.1. The van der Waals surface area contributed by atoms with E-state index in [1.54, 1.807) is 11.9 Å². The summed E-state index contributed by atoms with van der Waals surface area (Å²) in [5, 5.41) is 31.8. The number of oxime groups is 1. The van der Waals surface area contributed by atoms with Gasteiger partial charge in [-0.25, -0.2) is 8.78 Å². The monoisotopic (exact) mass is 712 g/mol. The fourth-order valence-electron chi connectivity index (χ4n) is 2.66. The minimum Gasteiger partial charge on any atom is -0.409 e. The average molecular weight is 712 g/mol. The Morgan fingerprint density at radius 3 is 1.98 bits per heavy atom. The number of aromatic nitrogens is 2. The topological polar surface area (TPSA) is 212 Å². The predicted octanol–water partition coefficient (Wildman–Crippen LogP) is 3.10. The fourth-order valence-corrected chi connectivity index (χ4v) is 2.66. The van der Waals surface area contributed by atoms with Gasteiger partial charge in [-0.1, -0.05) is 79.0 Å². The highest BCUT2D eigenvalue weighted by Gasteiger charge is 2.26. The minimum absolute atomic E-state index is 0.0431. The minimum atomic E-state index is -2.46. The summed E-state index contributed by atoms with van der Waals surface area (Å²) in [7, 11) is 3.71. The van der Waals surface area contributed by atoms with Crippen molar-refractivity contribution in [2.45, 2.75) is 125 Å². The molecule has 3 amide bonds. The maximum absolute atomic E-state index is 11.5. The molecule has 1 fully saturated rings. The van der Waals surface area contributed by atoms with E-state index in [9.17, 15) is 28.3 Å². The van der Waals surface area contributed by atoms with Crippen molar-refractivity contribution in [2.75, 3.05) is 46.8 Å². The Bertz CT molecular complexity index is 1000. The summed E-state index contributed by atoms with van der Waals surface area (Å²) in [5.41, 5.74) is 4.87. The first-order valence-corrected chi connectivity index (χ1v) is 16.6. The number of carbonyl (C=O) groups excluding carboxylic acids is 3. The SMILES string of the molecule is CC.CC(=O)NCC(=O)NC1CNCC1O.CC/C(N)=N/O.CCC.CCC(C)(F)F.CN(C=O)CCN(C)Cc1nc(C(C)(C)C)no1. The molecule has 290 valence electrons. The Hall–Kier alpha value is -3.44. The number of amidine groups is 1. The molecule has 1 aliphatic heterocycles. The van der Waals surface area contributed by atoms with Gasteiger partial charge in [-0.15, -0.1) is 0 Å². The number of halogens is 2. The van der Waals surface area contributed by atoms with Crippen molar-refractivity contribution in [3.8, 4) is 0 Å². The molecule has 1 aromatic heterocycles. The number of amides is 3. The first-order chi connectivity index (χ1) is 22.7. The second-order valence-corrected chi connectivity index (χ2v) is 12.0. The molecule has 0 spiro atoms. The number of rotatable bonds is 11. The van der Waals surface area contributed by atoms with E-state index in [4.69, 9.17) is 15.5 Å². The van der Waals surface area contributed by atoms with E-state index in [1.165, 1.54) is 20.3 Å². The zero-order valence-corrected chi connectivity index (χ0v) is 32.2. The molecule has 17 heteroatoms. The number of nitrogens with two attached hydrogens (primary N) is 1. The van der Waals surface area contributed by atoms with E-state index < -0.39 is 12.0 Å². The van der Waals surface area contributed by atoms with Crippen molar-refractivity contribution < 1.29 is 38.0 Å². The van der Waals surface area contributed by atoms with Crippen molar-refractivity contribution >= 4 is 24.1 Å². The predicted molar refractivity (Wildman–Crippen MR) is 189 cm³/mol. The molecule has 0 radical (unpaired) electrons. The standard InChI is InChI=1S/C12H22N4O2.C8H15N3O3.C4H8F2.C3H8N2O.C3H8.C2H6/c1-12(2,3)11-13-10(18-14-11)8-15(4)6-7-16(5)9-17;1-5(12)10-4-8(14)11-6-2-9-3-7(6)13;1-3-4(2,5)6;1-2-3(4)5-6;1-3-2;1-2/h9H,6-8H2,1-5H3;6-7,9,13H,2-4H2,1H3,(H,10,12)(H,11,14);3H2,1-2H3;6H,2H2,1H3,(H2,4,5);3H2,1-2H3;1-2H3. The first-order valence-electron chi connectivity index (χ1n) is 16.6. The fraction of sp³-hybridized carbons (Fsp3) is 0.812. The molecule has 0 aliphatic carbocycles. The first kappa shape index (κ1) is 52.4. The van der Waals surface area contributed by atoms with Gasteiger partial charge in [-0.05, 0) is 14.0 Å². The van der Waals surface area contributed by atoms with Crippen LogP contribution >= 0.6 is 0 Å². The van der Waals surface area contributed by atoms with Gasteiger partial charge in [0.2, 0.25) is 30.0 Å². The summed E-state index contributed by atoms with van der Waals surface area (Å²) in [5.74, 6) is -1.39. The van der Waals surface area contributed by atoms with E-state index in [1.807, 2.05) is 53.5 Å². The van der Waals surface area contributed by atoms with Gasteiger partial charge in [0.25, 0.3) is 0 Å². The number of hydrogen-bond donors (Lipinski definition) is 6. The molecule has 15 nitrogen and oxygen atoms in total. The number of aliphatic hydroxyl groups is 1. The van der Waals surface area contributed by atoms with Crippen LogP contribution in [0.5, 0.6) is 0 Å².